The first-order valence-corrected chi connectivity index (χ1v) is 3.85. The van der Waals surface area contributed by atoms with Crippen LogP contribution in [0.2, 0.25) is 0 Å². The molecule has 14 heavy (non-hydrogen) atoms. The zero-order valence-corrected chi connectivity index (χ0v) is 7.39. The summed E-state index contributed by atoms with van der Waals surface area (Å²) in [6, 6.07) is 2.84. The van der Waals surface area contributed by atoms with Gasteiger partial charge in [0.25, 0.3) is 0 Å². The van der Waals surface area contributed by atoms with Crippen LogP contribution in [0.5, 0.6) is 0 Å². The Morgan fingerprint density at radius 2 is 2.14 bits per heavy atom. The highest BCUT2D eigenvalue weighted by molar-refractivity contribution is 5.27. The highest BCUT2D eigenvalue weighted by Gasteiger charge is 2.31. The van der Waals surface area contributed by atoms with Gasteiger partial charge in [-0.15, -0.1) is 0 Å². The first-order chi connectivity index (χ1) is 6.45. The number of hydrogen-bond acceptors (Lipinski definition) is 2. The van der Waals surface area contributed by atoms with E-state index < -0.39 is 11.7 Å². The van der Waals surface area contributed by atoms with E-state index >= 15 is 0 Å². The number of alkyl halides is 3. The Balaban J connectivity index is 3.08. The maximum Gasteiger partial charge on any atom is 0.417 e. The quantitative estimate of drug-likeness (QED) is 0.698. The Labute approximate surface area is 79.0 Å². The van der Waals surface area contributed by atoms with Crippen LogP contribution in [0.25, 0.3) is 0 Å². The maximum atomic E-state index is 12.2. The normalized spacial score (nSPS) is 11.1. The molecule has 1 aromatic heterocycles. The van der Waals surface area contributed by atoms with Gasteiger partial charge in [0.15, 0.2) is 0 Å². The third kappa shape index (κ3) is 2.22. The molecule has 0 aliphatic rings. The summed E-state index contributed by atoms with van der Waals surface area (Å²) in [6.45, 7) is 1.51. The molecule has 2 nitrogen and oxygen atoms in total. The molecule has 0 aliphatic heterocycles. The van der Waals surface area contributed by atoms with Gasteiger partial charge in [0.2, 0.25) is 0 Å². The largest absolute Gasteiger partial charge is 0.417 e. The smallest absolute Gasteiger partial charge is 0.259 e. The van der Waals surface area contributed by atoms with Crippen LogP contribution in [0.4, 0.5) is 13.2 Å². The van der Waals surface area contributed by atoms with Crippen molar-refractivity contribution in [1.82, 2.24) is 4.98 Å². The van der Waals surface area contributed by atoms with Crippen LogP contribution < -0.4 is 0 Å². The Morgan fingerprint density at radius 3 is 2.57 bits per heavy atom. The van der Waals surface area contributed by atoms with Gasteiger partial charge in [-0.3, -0.25) is 4.98 Å². The van der Waals surface area contributed by atoms with Gasteiger partial charge in [0, 0.05) is 6.20 Å². The van der Waals surface area contributed by atoms with Gasteiger partial charge in [-0.1, -0.05) is 0 Å². The molecule has 0 aliphatic carbocycles. The van der Waals surface area contributed by atoms with Crippen molar-refractivity contribution < 1.29 is 13.2 Å². The van der Waals surface area contributed by atoms with Crippen molar-refractivity contribution in [1.29, 1.82) is 5.26 Å². The van der Waals surface area contributed by atoms with E-state index in [9.17, 15) is 13.2 Å². The fourth-order valence-corrected chi connectivity index (χ4v) is 1.02. The van der Waals surface area contributed by atoms with Gasteiger partial charge in [0.1, 0.15) is 0 Å². The van der Waals surface area contributed by atoms with Crippen molar-refractivity contribution in [3.05, 3.63) is 29.1 Å². The fraction of sp³-hybridized carbons (Fsp3) is 0.333. The molecule has 0 amide bonds. The molecule has 5 heteroatoms. The highest BCUT2D eigenvalue weighted by Crippen LogP contribution is 2.29. The van der Waals surface area contributed by atoms with E-state index in [0.717, 1.165) is 12.3 Å². The molecular weight excluding hydrogens is 193 g/mol. The minimum absolute atomic E-state index is 0.0317. The lowest BCUT2D eigenvalue weighted by molar-refractivity contribution is -0.137. The number of nitrogens with zero attached hydrogens (tertiary/aromatic N) is 2. The zero-order valence-electron chi connectivity index (χ0n) is 7.39. The Morgan fingerprint density at radius 1 is 1.50 bits per heavy atom. The molecule has 0 fully saturated rings. The summed E-state index contributed by atoms with van der Waals surface area (Å²) in [5.74, 6) is 0. The van der Waals surface area contributed by atoms with E-state index in [-0.39, 0.29) is 6.42 Å². The topological polar surface area (TPSA) is 36.7 Å². The van der Waals surface area contributed by atoms with Gasteiger partial charge in [0.05, 0.1) is 23.7 Å². The van der Waals surface area contributed by atoms with Crippen LogP contribution in [0, 0.1) is 18.3 Å². The minimum Gasteiger partial charge on any atom is -0.259 e. The van der Waals surface area contributed by atoms with E-state index in [1.807, 2.05) is 6.07 Å². The van der Waals surface area contributed by atoms with Crippen molar-refractivity contribution in [2.45, 2.75) is 19.5 Å². The number of halogens is 3. The number of hydrogen-bond donors (Lipinski definition) is 0. The predicted molar refractivity (Wildman–Crippen MR) is 43.3 cm³/mol. The monoisotopic (exact) mass is 200 g/mol. The Hall–Kier alpha value is -1.57. The predicted octanol–water partition coefficient (Wildman–Crippen LogP) is 2.47. The number of pyridine rings is 1. The second kappa shape index (κ2) is 3.66. The van der Waals surface area contributed by atoms with E-state index in [0.29, 0.717) is 11.3 Å². The summed E-state index contributed by atoms with van der Waals surface area (Å²) in [6.07, 6.45) is -3.59. The molecular formula is C9H7F3N2. The van der Waals surface area contributed by atoms with Crippen LogP contribution in [-0.4, -0.2) is 4.98 Å². The van der Waals surface area contributed by atoms with Gasteiger partial charge in [-0.2, -0.15) is 18.4 Å². The molecule has 0 spiro atoms. The van der Waals surface area contributed by atoms with Crippen LogP contribution in [0.1, 0.15) is 16.8 Å². The van der Waals surface area contributed by atoms with Crippen LogP contribution >= 0.6 is 0 Å². The first kappa shape index (κ1) is 10.5. The molecule has 74 valence electrons. The average Bonchev–Trinajstić information content (AvgIpc) is 2.07. The van der Waals surface area contributed by atoms with Gasteiger partial charge in [-0.05, 0) is 18.6 Å². The molecule has 0 aromatic carbocycles. The van der Waals surface area contributed by atoms with E-state index in [4.69, 9.17) is 5.26 Å². The zero-order chi connectivity index (χ0) is 10.8. The summed E-state index contributed by atoms with van der Waals surface area (Å²) in [4.78, 5) is 3.59. The second-order valence-electron chi connectivity index (χ2n) is 2.82. The number of rotatable bonds is 1. The van der Waals surface area contributed by atoms with Crippen molar-refractivity contribution in [2.75, 3.05) is 0 Å². The Bertz CT molecular complexity index is 377. The van der Waals surface area contributed by atoms with Gasteiger partial charge < -0.3 is 0 Å². The molecule has 0 N–H and O–H groups in total. The summed E-state index contributed by atoms with van der Waals surface area (Å²) >= 11 is 0. The van der Waals surface area contributed by atoms with E-state index in [2.05, 4.69) is 4.98 Å². The minimum atomic E-state index is -4.37. The number of aromatic nitrogens is 1. The number of nitriles is 1. The maximum absolute atomic E-state index is 12.2. The molecule has 0 saturated heterocycles. The SMILES string of the molecule is Cc1cc(C(F)(F)F)cnc1CC#N. The van der Waals surface area contributed by atoms with E-state index in [1.165, 1.54) is 6.92 Å². The van der Waals surface area contributed by atoms with Crippen molar-refractivity contribution in [3.8, 4) is 6.07 Å². The lowest BCUT2D eigenvalue weighted by Crippen LogP contribution is -2.07. The van der Waals surface area contributed by atoms with Gasteiger partial charge >= 0.3 is 6.18 Å². The lowest BCUT2D eigenvalue weighted by atomic mass is 10.1. The first-order valence-electron chi connectivity index (χ1n) is 3.85. The molecule has 0 unspecified atom stereocenters. The summed E-state index contributed by atoms with van der Waals surface area (Å²) in [5, 5.41) is 8.36. The molecule has 0 radical (unpaired) electrons. The third-order valence-electron chi connectivity index (χ3n) is 1.76. The summed E-state index contributed by atoms with van der Waals surface area (Å²) in [7, 11) is 0. The van der Waals surface area contributed by atoms with Crippen LogP contribution in [0.3, 0.4) is 0 Å². The standard InChI is InChI=1S/C9H7F3N2/c1-6-4-7(9(10,11)12)5-14-8(6)2-3-13/h4-5H,2H2,1H3. The molecule has 0 bridgehead atoms. The molecule has 1 aromatic rings. The van der Waals surface area contributed by atoms with E-state index in [1.54, 1.807) is 0 Å². The Kier molecular flexibility index (Phi) is 2.75. The lowest BCUT2D eigenvalue weighted by Gasteiger charge is -2.08. The van der Waals surface area contributed by atoms with Crippen LogP contribution in [0.15, 0.2) is 12.3 Å². The van der Waals surface area contributed by atoms with Crippen molar-refractivity contribution in [2.24, 2.45) is 0 Å². The van der Waals surface area contributed by atoms with Crippen LogP contribution in [-0.2, 0) is 12.6 Å². The van der Waals surface area contributed by atoms with Crippen molar-refractivity contribution in [3.63, 3.8) is 0 Å². The number of aryl methyl sites for hydroxylation is 1. The summed E-state index contributed by atoms with van der Waals surface area (Å²) < 4.78 is 36.5. The summed E-state index contributed by atoms with van der Waals surface area (Å²) in [5.41, 5.74) is -0.00133. The second-order valence-corrected chi connectivity index (χ2v) is 2.82. The fourth-order valence-electron chi connectivity index (χ4n) is 1.02. The third-order valence-corrected chi connectivity index (χ3v) is 1.76. The molecule has 1 rings (SSSR count). The molecule has 0 saturated carbocycles. The highest BCUT2D eigenvalue weighted by atomic mass is 19.4. The average molecular weight is 200 g/mol. The van der Waals surface area contributed by atoms with Gasteiger partial charge in [-0.25, -0.2) is 0 Å². The molecule has 1 heterocycles. The molecule has 0 atom stereocenters. The van der Waals surface area contributed by atoms with Crippen molar-refractivity contribution >= 4 is 0 Å².